The van der Waals surface area contributed by atoms with Gasteiger partial charge in [0.1, 0.15) is 0 Å². The predicted molar refractivity (Wildman–Crippen MR) is 87.9 cm³/mol. The molecular formula is C18H28N2O. The van der Waals surface area contributed by atoms with E-state index in [4.69, 9.17) is 4.74 Å². The van der Waals surface area contributed by atoms with Gasteiger partial charge in [-0.25, -0.2) is 0 Å². The predicted octanol–water partition coefficient (Wildman–Crippen LogP) is 3.25. The molecule has 2 atom stereocenters. The molecule has 1 aromatic rings. The maximum absolute atomic E-state index is 5.94. The van der Waals surface area contributed by atoms with Gasteiger partial charge in [0.05, 0.1) is 12.2 Å². The topological polar surface area (TPSA) is 24.5 Å². The lowest BCUT2D eigenvalue weighted by Gasteiger charge is -2.35. The lowest BCUT2D eigenvalue weighted by Crippen LogP contribution is -2.43. The van der Waals surface area contributed by atoms with Gasteiger partial charge in [-0.05, 0) is 57.7 Å². The molecule has 21 heavy (non-hydrogen) atoms. The van der Waals surface area contributed by atoms with E-state index in [9.17, 15) is 0 Å². The number of nitrogens with one attached hydrogen (secondary N) is 1. The average Bonchev–Trinajstić information content (AvgIpc) is 2.74. The quantitative estimate of drug-likeness (QED) is 0.924. The number of benzene rings is 1. The van der Waals surface area contributed by atoms with E-state index < -0.39 is 0 Å². The van der Waals surface area contributed by atoms with Crippen molar-refractivity contribution in [1.29, 1.82) is 0 Å². The molecule has 2 bridgehead atoms. The van der Waals surface area contributed by atoms with Gasteiger partial charge < -0.3 is 15.0 Å². The first-order chi connectivity index (χ1) is 9.90. The Labute approximate surface area is 128 Å². The van der Waals surface area contributed by atoms with Crippen molar-refractivity contribution in [3.05, 3.63) is 29.3 Å². The van der Waals surface area contributed by atoms with Crippen LogP contribution in [0, 0.1) is 6.92 Å². The van der Waals surface area contributed by atoms with Gasteiger partial charge in [-0.15, -0.1) is 0 Å². The molecule has 0 amide bonds. The number of hydrogen-bond acceptors (Lipinski definition) is 3. The molecule has 2 aliphatic heterocycles. The first kappa shape index (κ1) is 14.9. The van der Waals surface area contributed by atoms with E-state index in [2.05, 4.69) is 56.1 Å². The Hall–Kier alpha value is -1.06. The van der Waals surface area contributed by atoms with E-state index in [-0.39, 0.29) is 5.54 Å². The normalized spacial score (nSPS) is 25.4. The minimum Gasteiger partial charge on any atom is -0.371 e. The lowest BCUT2D eigenvalue weighted by molar-refractivity contribution is 0.0304. The van der Waals surface area contributed by atoms with Gasteiger partial charge in [0, 0.05) is 30.9 Å². The molecule has 0 saturated carbocycles. The van der Waals surface area contributed by atoms with Crippen molar-refractivity contribution < 1.29 is 4.74 Å². The maximum Gasteiger partial charge on any atom is 0.0755 e. The standard InChI is InChI=1S/C18H28N2O/c1-13-9-14(10-19-18(2,3)4)5-8-17(13)20-11-15-6-7-16(12-20)21-15/h5,8-9,15-16,19H,6-7,10-12H2,1-4H3. The molecule has 2 heterocycles. The van der Waals surface area contributed by atoms with Gasteiger partial charge in [-0.2, -0.15) is 0 Å². The number of nitrogens with zero attached hydrogens (tertiary/aromatic N) is 1. The van der Waals surface area contributed by atoms with Crippen LogP contribution in [-0.2, 0) is 11.3 Å². The lowest BCUT2D eigenvalue weighted by atomic mass is 10.1. The highest BCUT2D eigenvalue weighted by Gasteiger charge is 2.34. The average molecular weight is 288 g/mol. The van der Waals surface area contributed by atoms with Crippen LogP contribution < -0.4 is 10.2 Å². The summed E-state index contributed by atoms with van der Waals surface area (Å²) in [6.07, 6.45) is 3.36. The van der Waals surface area contributed by atoms with Crippen LogP contribution in [0.15, 0.2) is 18.2 Å². The van der Waals surface area contributed by atoms with Crippen LogP contribution >= 0.6 is 0 Å². The number of fused-ring (bicyclic) bond motifs is 2. The van der Waals surface area contributed by atoms with Crippen LogP contribution in [0.1, 0.15) is 44.7 Å². The zero-order chi connectivity index (χ0) is 15.0. The first-order valence-electron chi connectivity index (χ1n) is 8.16. The molecule has 2 unspecified atom stereocenters. The summed E-state index contributed by atoms with van der Waals surface area (Å²) in [5.41, 5.74) is 4.29. The number of rotatable bonds is 3. The SMILES string of the molecule is Cc1cc(CNC(C)(C)C)ccc1N1CC2CCC(C1)O2. The summed E-state index contributed by atoms with van der Waals surface area (Å²) in [6.45, 7) is 11.9. The molecular weight excluding hydrogens is 260 g/mol. The molecule has 3 heteroatoms. The highest BCUT2D eigenvalue weighted by molar-refractivity contribution is 5.55. The number of ether oxygens (including phenoxy) is 1. The molecule has 0 spiro atoms. The second-order valence-corrected chi connectivity index (χ2v) is 7.59. The van der Waals surface area contributed by atoms with E-state index in [1.807, 2.05) is 0 Å². The summed E-state index contributed by atoms with van der Waals surface area (Å²) in [6, 6.07) is 6.88. The third kappa shape index (κ3) is 3.58. The number of morpholine rings is 1. The van der Waals surface area contributed by atoms with E-state index in [0.29, 0.717) is 12.2 Å². The van der Waals surface area contributed by atoms with E-state index >= 15 is 0 Å². The molecule has 0 aromatic heterocycles. The molecule has 116 valence electrons. The summed E-state index contributed by atoms with van der Waals surface area (Å²) < 4.78 is 5.94. The van der Waals surface area contributed by atoms with Gasteiger partial charge in [-0.1, -0.05) is 12.1 Å². The first-order valence-corrected chi connectivity index (χ1v) is 8.16. The summed E-state index contributed by atoms with van der Waals surface area (Å²) >= 11 is 0. The fourth-order valence-electron chi connectivity index (χ4n) is 3.36. The molecule has 3 nitrogen and oxygen atoms in total. The van der Waals surface area contributed by atoms with Gasteiger partial charge in [-0.3, -0.25) is 0 Å². The molecule has 1 N–H and O–H groups in total. The molecule has 1 aromatic carbocycles. The molecule has 2 aliphatic rings. The van der Waals surface area contributed by atoms with Crippen LogP contribution in [0.5, 0.6) is 0 Å². The molecule has 0 radical (unpaired) electrons. The highest BCUT2D eigenvalue weighted by Crippen LogP contribution is 2.31. The molecule has 2 fully saturated rings. The summed E-state index contributed by atoms with van der Waals surface area (Å²) in [5, 5.41) is 3.55. The molecule has 0 aliphatic carbocycles. The van der Waals surface area contributed by atoms with E-state index in [0.717, 1.165) is 19.6 Å². The minimum absolute atomic E-state index is 0.163. The fraction of sp³-hybridized carbons (Fsp3) is 0.667. The van der Waals surface area contributed by atoms with Crippen molar-refractivity contribution in [1.82, 2.24) is 5.32 Å². The van der Waals surface area contributed by atoms with Gasteiger partial charge in [0.15, 0.2) is 0 Å². The second kappa shape index (κ2) is 5.62. The van der Waals surface area contributed by atoms with Crippen LogP contribution in [-0.4, -0.2) is 30.8 Å². The Morgan fingerprint density at radius 2 is 1.86 bits per heavy atom. The number of anilines is 1. The van der Waals surface area contributed by atoms with Crippen LogP contribution in [0.2, 0.25) is 0 Å². The number of aryl methyl sites for hydroxylation is 1. The smallest absolute Gasteiger partial charge is 0.0755 e. The zero-order valence-electron chi connectivity index (χ0n) is 13.8. The monoisotopic (exact) mass is 288 g/mol. The van der Waals surface area contributed by atoms with Gasteiger partial charge >= 0.3 is 0 Å². The summed E-state index contributed by atoms with van der Waals surface area (Å²) in [5.74, 6) is 0. The zero-order valence-corrected chi connectivity index (χ0v) is 13.8. The van der Waals surface area contributed by atoms with Crippen molar-refractivity contribution in [2.45, 2.75) is 64.8 Å². The second-order valence-electron chi connectivity index (χ2n) is 7.59. The van der Waals surface area contributed by atoms with E-state index in [1.165, 1.54) is 29.7 Å². The highest BCUT2D eigenvalue weighted by atomic mass is 16.5. The molecule has 2 saturated heterocycles. The third-order valence-electron chi connectivity index (χ3n) is 4.47. The molecule has 3 rings (SSSR count). The largest absolute Gasteiger partial charge is 0.371 e. The van der Waals surface area contributed by atoms with Crippen LogP contribution in [0.4, 0.5) is 5.69 Å². The van der Waals surface area contributed by atoms with Gasteiger partial charge in [0.25, 0.3) is 0 Å². The summed E-state index contributed by atoms with van der Waals surface area (Å²) in [7, 11) is 0. The Morgan fingerprint density at radius 1 is 1.19 bits per heavy atom. The van der Waals surface area contributed by atoms with E-state index in [1.54, 1.807) is 0 Å². The van der Waals surface area contributed by atoms with Crippen molar-refractivity contribution >= 4 is 5.69 Å². The Morgan fingerprint density at radius 3 is 2.43 bits per heavy atom. The third-order valence-corrected chi connectivity index (χ3v) is 4.47. The van der Waals surface area contributed by atoms with Crippen molar-refractivity contribution in [2.75, 3.05) is 18.0 Å². The van der Waals surface area contributed by atoms with Crippen LogP contribution in [0.25, 0.3) is 0 Å². The minimum atomic E-state index is 0.163. The Bertz CT molecular complexity index is 494. The maximum atomic E-state index is 5.94. The van der Waals surface area contributed by atoms with Crippen LogP contribution in [0.3, 0.4) is 0 Å². The Balaban J connectivity index is 1.69. The van der Waals surface area contributed by atoms with Crippen molar-refractivity contribution in [3.8, 4) is 0 Å². The van der Waals surface area contributed by atoms with Gasteiger partial charge in [0.2, 0.25) is 0 Å². The Kier molecular flexibility index (Phi) is 3.98. The number of hydrogen-bond donors (Lipinski definition) is 1. The van der Waals surface area contributed by atoms with Crippen molar-refractivity contribution in [3.63, 3.8) is 0 Å². The summed E-state index contributed by atoms with van der Waals surface area (Å²) in [4.78, 5) is 2.52. The van der Waals surface area contributed by atoms with Crippen molar-refractivity contribution in [2.24, 2.45) is 0 Å². The fourth-order valence-corrected chi connectivity index (χ4v) is 3.36.